The van der Waals surface area contributed by atoms with Crippen LogP contribution in [0.4, 0.5) is 5.69 Å². The molecule has 1 aromatic heterocycles. The Balaban J connectivity index is 1.95. The molecule has 0 fully saturated rings. The van der Waals surface area contributed by atoms with E-state index in [1.165, 1.54) is 30.3 Å². The summed E-state index contributed by atoms with van der Waals surface area (Å²) in [5.41, 5.74) is 4.94. The second-order valence-electron chi connectivity index (χ2n) is 5.53. The molecule has 4 heteroatoms. The molecule has 3 rings (SSSR count). The fourth-order valence-corrected chi connectivity index (χ4v) is 2.93. The summed E-state index contributed by atoms with van der Waals surface area (Å²) in [5.74, 6) is -0.0838. The van der Waals surface area contributed by atoms with Gasteiger partial charge in [0.2, 0.25) is 0 Å². The van der Waals surface area contributed by atoms with Gasteiger partial charge in [0, 0.05) is 18.4 Å². The zero-order valence-corrected chi connectivity index (χ0v) is 12.5. The van der Waals surface area contributed by atoms with Crippen molar-refractivity contribution in [1.82, 2.24) is 9.97 Å². The summed E-state index contributed by atoms with van der Waals surface area (Å²) in [6.45, 7) is 1.86. The minimum atomic E-state index is -0.0838. The lowest BCUT2D eigenvalue weighted by Gasteiger charge is -2.25. The average Bonchev–Trinajstić information content (AvgIpc) is 2.53. The van der Waals surface area contributed by atoms with Gasteiger partial charge in [-0.25, -0.2) is 9.97 Å². The maximum Gasteiger partial charge on any atom is 0.276 e. The number of hydrogen-bond donors (Lipinski definition) is 0. The summed E-state index contributed by atoms with van der Waals surface area (Å²) in [6, 6.07) is 7.96. The third kappa shape index (κ3) is 2.66. The SMILES string of the molecule is Cc1cc(C(=O)N(C)c2cccc3c2CCCC3)ncn1. The number of amides is 1. The van der Waals surface area contributed by atoms with Crippen LogP contribution in [0, 0.1) is 6.92 Å². The van der Waals surface area contributed by atoms with Crippen LogP contribution >= 0.6 is 0 Å². The van der Waals surface area contributed by atoms with Crippen molar-refractivity contribution in [2.45, 2.75) is 32.6 Å². The van der Waals surface area contributed by atoms with Gasteiger partial charge in [-0.1, -0.05) is 12.1 Å². The molecule has 2 aromatic rings. The maximum absolute atomic E-state index is 12.6. The Labute approximate surface area is 124 Å². The van der Waals surface area contributed by atoms with Gasteiger partial charge >= 0.3 is 0 Å². The number of carbonyl (C=O) groups excluding carboxylic acids is 1. The first-order valence-electron chi connectivity index (χ1n) is 7.34. The summed E-state index contributed by atoms with van der Waals surface area (Å²) >= 11 is 0. The molecule has 0 N–H and O–H groups in total. The van der Waals surface area contributed by atoms with Crippen LogP contribution in [0.1, 0.15) is 40.2 Å². The molecule has 0 saturated heterocycles. The van der Waals surface area contributed by atoms with Gasteiger partial charge in [0.15, 0.2) is 0 Å². The van der Waals surface area contributed by atoms with Gasteiger partial charge in [0.1, 0.15) is 12.0 Å². The lowest BCUT2D eigenvalue weighted by atomic mass is 9.90. The summed E-state index contributed by atoms with van der Waals surface area (Å²) in [7, 11) is 1.82. The first-order valence-corrected chi connectivity index (χ1v) is 7.34. The molecule has 1 aliphatic carbocycles. The molecular formula is C17H19N3O. The first-order chi connectivity index (χ1) is 10.2. The Morgan fingerprint density at radius 3 is 2.81 bits per heavy atom. The fourth-order valence-electron chi connectivity index (χ4n) is 2.93. The molecule has 1 amide bonds. The number of aryl methyl sites for hydroxylation is 2. The number of benzene rings is 1. The summed E-state index contributed by atoms with van der Waals surface area (Å²) in [4.78, 5) is 22.5. The van der Waals surface area contributed by atoms with E-state index in [2.05, 4.69) is 16.0 Å². The Morgan fingerprint density at radius 1 is 1.19 bits per heavy atom. The third-order valence-electron chi connectivity index (χ3n) is 4.06. The van der Waals surface area contributed by atoms with E-state index in [1.807, 2.05) is 26.1 Å². The van der Waals surface area contributed by atoms with Crippen LogP contribution in [0.5, 0.6) is 0 Å². The smallest absolute Gasteiger partial charge is 0.276 e. The van der Waals surface area contributed by atoms with Gasteiger partial charge in [-0.15, -0.1) is 0 Å². The minimum absolute atomic E-state index is 0.0838. The van der Waals surface area contributed by atoms with E-state index in [4.69, 9.17) is 0 Å². The van der Waals surface area contributed by atoms with E-state index < -0.39 is 0 Å². The zero-order valence-electron chi connectivity index (χ0n) is 12.5. The average molecular weight is 281 g/mol. The molecule has 1 aromatic carbocycles. The molecule has 0 saturated carbocycles. The summed E-state index contributed by atoms with van der Waals surface area (Å²) in [5, 5.41) is 0. The molecule has 21 heavy (non-hydrogen) atoms. The molecule has 0 aliphatic heterocycles. The monoisotopic (exact) mass is 281 g/mol. The van der Waals surface area contributed by atoms with E-state index in [1.54, 1.807) is 11.0 Å². The molecule has 0 radical (unpaired) electrons. The largest absolute Gasteiger partial charge is 0.310 e. The van der Waals surface area contributed by atoms with Crippen molar-refractivity contribution in [3.63, 3.8) is 0 Å². The van der Waals surface area contributed by atoms with E-state index in [0.29, 0.717) is 5.69 Å². The van der Waals surface area contributed by atoms with Gasteiger partial charge in [-0.2, -0.15) is 0 Å². The highest BCUT2D eigenvalue weighted by atomic mass is 16.2. The Kier molecular flexibility index (Phi) is 3.69. The van der Waals surface area contributed by atoms with Gasteiger partial charge < -0.3 is 4.90 Å². The van der Waals surface area contributed by atoms with Gasteiger partial charge in [-0.3, -0.25) is 4.79 Å². The van der Waals surface area contributed by atoms with Crippen molar-refractivity contribution in [3.8, 4) is 0 Å². The number of hydrogen-bond acceptors (Lipinski definition) is 3. The number of nitrogens with zero attached hydrogens (tertiary/aromatic N) is 3. The van der Waals surface area contributed by atoms with Crippen molar-refractivity contribution in [2.75, 3.05) is 11.9 Å². The lowest BCUT2D eigenvalue weighted by molar-refractivity contribution is 0.0987. The van der Waals surface area contributed by atoms with Crippen LogP contribution in [0.15, 0.2) is 30.6 Å². The van der Waals surface area contributed by atoms with Crippen LogP contribution < -0.4 is 4.90 Å². The molecule has 1 heterocycles. The molecule has 0 unspecified atom stereocenters. The number of anilines is 1. The Morgan fingerprint density at radius 2 is 2.00 bits per heavy atom. The molecule has 0 spiro atoms. The van der Waals surface area contributed by atoms with Gasteiger partial charge in [-0.05, 0) is 55.9 Å². The van der Waals surface area contributed by atoms with Crippen molar-refractivity contribution < 1.29 is 4.79 Å². The van der Waals surface area contributed by atoms with Crippen molar-refractivity contribution in [3.05, 3.63) is 53.1 Å². The van der Waals surface area contributed by atoms with Gasteiger partial charge in [0.25, 0.3) is 5.91 Å². The summed E-state index contributed by atoms with van der Waals surface area (Å²) in [6.07, 6.45) is 6.03. The first kappa shape index (κ1) is 13.7. The Bertz CT molecular complexity index is 681. The van der Waals surface area contributed by atoms with Gasteiger partial charge in [0.05, 0.1) is 0 Å². The molecule has 0 atom stereocenters. The van der Waals surface area contributed by atoms with Crippen molar-refractivity contribution in [2.24, 2.45) is 0 Å². The zero-order chi connectivity index (χ0) is 14.8. The number of aromatic nitrogens is 2. The molecule has 1 aliphatic rings. The number of fused-ring (bicyclic) bond motifs is 1. The quantitative estimate of drug-likeness (QED) is 0.850. The predicted octanol–water partition coefficient (Wildman–Crippen LogP) is 2.94. The Hall–Kier alpha value is -2.23. The number of carbonyl (C=O) groups is 1. The van der Waals surface area contributed by atoms with E-state index in [9.17, 15) is 4.79 Å². The highest BCUT2D eigenvalue weighted by molar-refractivity contribution is 6.04. The van der Waals surface area contributed by atoms with Crippen LogP contribution in [0.25, 0.3) is 0 Å². The van der Waals surface area contributed by atoms with Crippen LogP contribution in [-0.4, -0.2) is 22.9 Å². The normalized spacial score (nSPS) is 13.6. The van der Waals surface area contributed by atoms with Crippen LogP contribution in [-0.2, 0) is 12.8 Å². The van der Waals surface area contributed by atoms with Crippen molar-refractivity contribution in [1.29, 1.82) is 0 Å². The molecular weight excluding hydrogens is 262 g/mol. The highest BCUT2D eigenvalue weighted by Crippen LogP contribution is 2.30. The fraction of sp³-hybridized carbons (Fsp3) is 0.353. The molecule has 4 nitrogen and oxygen atoms in total. The third-order valence-corrected chi connectivity index (χ3v) is 4.06. The highest BCUT2D eigenvalue weighted by Gasteiger charge is 2.20. The standard InChI is InChI=1S/C17H19N3O/c1-12-10-15(19-11-18-12)17(21)20(2)16-9-5-7-13-6-3-4-8-14(13)16/h5,7,9-11H,3-4,6,8H2,1-2H3. The van der Waals surface area contributed by atoms with E-state index in [-0.39, 0.29) is 5.91 Å². The maximum atomic E-state index is 12.6. The predicted molar refractivity (Wildman–Crippen MR) is 82.6 cm³/mol. The summed E-state index contributed by atoms with van der Waals surface area (Å²) < 4.78 is 0. The van der Waals surface area contributed by atoms with E-state index >= 15 is 0 Å². The van der Waals surface area contributed by atoms with E-state index in [0.717, 1.165) is 24.2 Å². The van der Waals surface area contributed by atoms with Crippen LogP contribution in [0.2, 0.25) is 0 Å². The lowest BCUT2D eigenvalue weighted by Crippen LogP contribution is -2.29. The topological polar surface area (TPSA) is 46.1 Å². The molecule has 0 bridgehead atoms. The number of rotatable bonds is 2. The van der Waals surface area contributed by atoms with Crippen molar-refractivity contribution >= 4 is 11.6 Å². The van der Waals surface area contributed by atoms with Crippen LogP contribution in [0.3, 0.4) is 0 Å². The molecule has 108 valence electrons. The second-order valence-corrected chi connectivity index (χ2v) is 5.53. The second kappa shape index (κ2) is 5.64. The minimum Gasteiger partial charge on any atom is -0.310 e.